The van der Waals surface area contributed by atoms with Crippen LogP contribution in [0, 0.1) is 0 Å². The Hall–Kier alpha value is -2.12. The Kier molecular flexibility index (Phi) is 4.47. The number of carbonyl (C=O) groups excluding carboxylic acids is 1. The van der Waals surface area contributed by atoms with E-state index in [4.69, 9.17) is 5.11 Å². The minimum atomic E-state index is -4.53. The molecule has 0 atom stereocenters. The van der Waals surface area contributed by atoms with Crippen molar-refractivity contribution < 1.29 is 32.6 Å². The van der Waals surface area contributed by atoms with Gasteiger partial charge >= 0.3 is 12.1 Å². The van der Waals surface area contributed by atoms with Crippen molar-refractivity contribution in [2.75, 3.05) is 6.61 Å². The van der Waals surface area contributed by atoms with Gasteiger partial charge in [-0.3, -0.25) is 4.79 Å². The monoisotopic (exact) mass is 277 g/mol. The maximum Gasteiger partial charge on any atom is 0.422 e. The van der Waals surface area contributed by atoms with Crippen molar-refractivity contribution in [1.29, 1.82) is 0 Å². The van der Waals surface area contributed by atoms with Gasteiger partial charge in [0.25, 0.3) is 0 Å². The van der Waals surface area contributed by atoms with Crippen LogP contribution in [0.15, 0.2) is 12.1 Å². The lowest BCUT2D eigenvalue weighted by atomic mass is 10.2. The highest BCUT2D eigenvalue weighted by molar-refractivity contribution is 5.86. The number of aromatic carboxylic acids is 1. The van der Waals surface area contributed by atoms with E-state index in [0.29, 0.717) is 0 Å². The molecule has 0 fully saturated rings. The van der Waals surface area contributed by atoms with E-state index in [-0.39, 0.29) is 29.3 Å². The Morgan fingerprint density at radius 2 is 2.00 bits per heavy atom. The van der Waals surface area contributed by atoms with Crippen molar-refractivity contribution >= 4 is 11.8 Å². The summed E-state index contributed by atoms with van der Waals surface area (Å²) in [5.41, 5.74) is -0.493. The van der Waals surface area contributed by atoms with Gasteiger partial charge in [-0.25, -0.2) is 9.78 Å². The van der Waals surface area contributed by atoms with E-state index in [1.165, 1.54) is 6.92 Å². The molecule has 0 radical (unpaired) electrons. The number of hydrogen-bond acceptors (Lipinski definition) is 4. The summed E-state index contributed by atoms with van der Waals surface area (Å²) >= 11 is 0. The molecule has 8 heteroatoms. The fourth-order valence-corrected chi connectivity index (χ4v) is 1.26. The molecule has 0 saturated carbocycles. The van der Waals surface area contributed by atoms with E-state index in [0.717, 1.165) is 12.1 Å². The first-order valence-electron chi connectivity index (χ1n) is 5.11. The molecule has 0 aliphatic heterocycles. The van der Waals surface area contributed by atoms with Crippen LogP contribution in [0.5, 0.6) is 5.75 Å². The zero-order chi connectivity index (χ0) is 14.6. The molecular weight excluding hydrogens is 267 g/mol. The fourth-order valence-electron chi connectivity index (χ4n) is 1.26. The number of nitrogens with zero attached hydrogens (tertiary/aromatic N) is 1. The van der Waals surface area contributed by atoms with Crippen molar-refractivity contribution in [3.8, 4) is 5.75 Å². The molecule has 1 aromatic heterocycles. The number of ketones is 1. The van der Waals surface area contributed by atoms with Gasteiger partial charge in [-0.2, -0.15) is 13.2 Å². The molecule has 0 amide bonds. The number of pyridine rings is 1. The topological polar surface area (TPSA) is 76.5 Å². The van der Waals surface area contributed by atoms with E-state index >= 15 is 0 Å². The highest BCUT2D eigenvalue weighted by Crippen LogP contribution is 2.22. The number of carboxylic acid groups (broad SMARTS) is 1. The number of alkyl halides is 3. The number of aromatic nitrogens is 1. The van der Waals surface area contributed by atoms with Crippen molar-refractivity contribution in [2.24, 2.45) is 0 Å². The Morgan fingerprint density at radius 3 is 2.47 bits per heavy atom. The maximum atomic E-state index is 12.0. The number of carboxylic acids is 1. The van der Waals surface area contributed by atoms with E-state index in [9.17, 15) is 22.8 Å². The number of ether oxygens (including phenoxy) is 1. The summed E-state index contributed by atoms with van der Waals surface area (Å²) in [5.74, 6) is -1.96. The number of rotatable bonds is 5. The highest BCUT2D eigenvalue weighted by atomic mass is 19.4. The first kappa shape index (κ1) is 14.9. The van der Waals surface area contributed by atoms with E-state index in [1.807, 2.05) is 0 Å². The lowest BCUT2D eigenvalue weighted by Gasteiger charge is -2.12. The fraction of sp³-hybridized carbons (Fsp3) is 0.364. The van der Waals surface area contributed by atoms with Crippen LogP contribution in [0.25, 0.3) is 0 Å². The molecule has 19 heavy (non-hydrogen) atoms. The average molecular weight is 277 g/mol. The van der Waals surface area contributed by atoms with Crippen LogP contribution in [-0.2, 0) is 11.2 Å². The summed E-state index contributed by atoms with van der Waals surface area (Å²) in [7, 11) is 0. The minimum absolute atomic E-state index is 0.128. The van der Waals surface area contributed by atoms with E-state index < -0.39 is 18.8 Å². The van der Waals surface area contributed by atoms with Crippen LogP contribution in [0.3, 0.4) is 0 Å². The van der Waals surface area contributed by atoms with Crippen molar-refractivity contribution in [2.45, 2.75) is 19.5 Å². The largest absolute Gasteiger partial charge is 0.482 e. The quantitative estimate of drug-likeness (QED) is 0.888. The lowest BCUT2D eigenvalue weighted by molar-refractivity contribution is -0.153. The van der Waals surface area contributed by atoms with Crippen LogP contribution >= 0.6 is 0 Å². The molecular formula is C11H10F3NO4. The first-order valence-corrected chi connectivity index (χ1v) is 5.11. The molecule has 0 spiro atoms. The number of Topliss-reactive ketones (excluding diaryl/α,β-unsaturated/α-hetero) is 1. The summed E-state index contributed by atoms with van der Waals surface area (Å²) in [6.45, 7) is -0.325. The predicted octanol–water partition coefficient (Wildman–Crippen LogP) is 1.85. The summed E-state index contributed by atoms with van der Waals surface area (Å²) in [5, 5.41) is 8.73. The van der Waals surface area contributed by atoms with Crippen molar-refractivity contribution in [1.82, 2.24) is 4.98 Å². The molecule has 0 saturated heterocycles. The van der Waals surface area contributed by atoms with Crippen LogP contribution < -0.4 is 4.74 Å². The molecule has 1 heterocycles. The molecule has 0 unspecified atom stereocenters. The second kappa shape index (κ2) is 5.68. The van der Waals surface area contributed by atoms with E-state index in [1.54, 1.807) is 0 Å². The number of carbonyl (C=O) groups is 2. The molecule has 1 aromatic rings. The standard InChI is InChI=1S/C11H10F3NO4/c1-6(16)4-8-9(19-5-11(12,13)14)3-2-7(15-8)10(17)18/h2-3H,4-5H2,1H3,(H,17,18). The van der Waals surface area contributed by atoms with Gasteiger partial charge in [0.1, 0.15) is 17.2 Å². The second-order valence-electron chi connectivity index (χ2n) is 3.73. The molecule has 1 N–H and O–H groups in total. The zero-order valence-corrected chi connectivity index (χ0v) is 9.82. The summed E-state index contributed by atoms with van der Waals surface area (Å²) < 4.78 is 40.6. The highest BCUT2D eigenvalue weighted by Gasteiger charge is 2.29. The smallest absolute Gasteiger partial charge is 0.422 e. The molecule has 5 nitrogen and oxygen atoms in total. The van der Waals surface area contributed by atoms with E-state index in [2.05, 4.69) is 9.72 Å². The van der Waals surface area contributed by atoms with Crippen molar-refractivity contribution in [3.05, 3.63) is 23.5 Å². The van der Waals surface area contributed by atoms with Gasteiger partial charge < -0.3 is 9.84 Å². The second-order valence-corrected chi connectivity index (χ2v) is 3.73. The Bertz CT molecular complexity index is 499. The zero-order valence-electron chi connectivity index (χ0n) is 9.82. The van der Waals surface area contributed by atoms with Gasteiger partial charge in [-0.1, -0.05) is 0 Å². The molecule has 104 valence electrons. The van der Waals surface area contributed by atoms with Gasteiger partial charge in [0.2, 0.25) is 0 Å². The van der Waals surface area contributed by atoms with Gasteiger partial charge in [-0.15, -0.1) is 0 Å². The van der Waals surface area contributed by atoms with Gasteiger partial charge in [0.15, 0.2) is 6.61 Å². The molecule has 0 bridgehead atoms. The normalized spacial score (nSPS) is 11.2. The Labute approximate surface area is 106 Å². The maximum absolute atomic E-state index is 12.0. The average Bonchev–Trinajstić information content (AvgIpc) is 2.25. The van der Waals surface area contributed by atoms with Gasteiger partial charge in [0.05, 0.1) is 12.1 Å². The third-order valence-electron chi connectivity index (χ3n) is 1.96. The number of halogens is 3. The predicted molar refractivity (Wildman–Crippen MR) is 57.1 cm³/mol. The summed E-state index contributed by atoms with van der Waals surface area (Å²) in [6.07, 6.45) is -4.83. The SMILES string of the molecule is CC(=O)Cc1nc(C(=O)O)ccc1OCC(F)(F)F. The minimum Gasteiger partial charge on any atom is -0.482 e. The third-order valence-corrected chi connectivity index (χ3v) is 1.96. The van der Waals surface area contributed by atoms with Crippen LogP contribution in [0.1, 0.15) is 23.1 Å². The van der Waals surface area contributed by atoms with Crippen LogP contribution in [-0.4, -0.2) is 34.6 Å². The van der Waals surface area contributed by atoms with Crippen LogP contribution in [0.2, 0.25) is 0 Å². The van der Waals surface area contributed by atoms with Crippen LogP contribution in [0.4, 0.5) is 13.2 Å². The van der Waals surface area contributed by atoms with Gasteiger partial charge in [-0.05, 0) is 19.1 Å². The lowest BCUT2D eigenvalue weighted by Crippen LogP contribution is -2.20. The molecule has 1 rings (SSSR count). The first-order chi connectivity index (χ1) is 8.69. The number of hydrogen-bond donors (Lipinski definition) is 1. The Morgan fingerprint density at radius 1 is 1.37 bits per heavy atom. The Balaban J connectivity index is 3.01. The molecule has 0 aromatic carbocycles. The summed E-state index contributed by atoms with van der Waals surface area (Å²) in [6, 6.07) is 2.07. The summed E-state index contributed by atoms with van der Waals surface area (Å²) in [4.78, 5) is 25.3. The molecule has 0 aliphatic carbocycles. The van der Waals surface area contributed by atoms with Gasteiger partial charge in [0, 0.05) is 0 Å². The molecule has 0 aliphatic rings. The third kappa shape index (κ3) is 4.94. The van der Waals surface area contributed by atoms with Crippen molar-refractivity contribution in [3.63, 3.8) is 0 Å².